The van der Waals surface area contributed by atoms with E-state index < -0.39 is 10.0 Å². The van der Waals surface area contributed by atoms with E-state index in [1.165, 1.54) is 12.1 Å². The Morgan fingerprint density at radius 3 is 2.50 bits per heavy atom. The first-order chi connectivity index (χ1) is 9.38. The lowest BCUT2D eigenvalue weighted by molar-refractivity contribution is 0.366. The van der Waals surface area contributed by atoms with Crippen LogP contribution in [0.1, 0.15) is 25.7 Å². The molecule has 20 heavy (non-hydrogen) atoms. The molecule has 1 aromatic carbocycles. The van der Waals surface area contributed by atoms with E-state index in [2.05, 4.69) is 20.7 Å². The second kappa shape index (κ2) is 6.97. The average Bonchev–Trinajstić information content (AvgIpc) is 2.41. The standard InChI is InChI=1S/C13H16BrCl2NO2S/c14-10-3-1-9(2-4-10)8-17-20(18,19)13-7-11(15)5-6-12(13)16/h5-7,9-10,17H,1-4,8H2. The van der Waals surface area contributed by atoms with Crippen LogP contribution in [0.2, 0.25) is 10.0 Å². The molecule has 0 bridgehead atoms. The summed E-state index contributed by atoms with van der Waals surface area (Å²) in [6.45, 7) is 0.449. The lowest BCUT2D eigenvalue weighted by Crippen LogP contribution is -2.31. The molecule has 1 aliphatic rings. The molecule has 0 amide bonds. The Kier molecular flexibility index (Phi) is 5.77. The van der Waals surface area contributed by atoms with E-state index in [0.29, 0.717) is 22.3 Å². The Morgan fingerprint density at radius 2 is 1.85 bits per heavy atom. The van der Waals surface area contributed by atoms with Gasteiger partial charge in [-0.25, -0.2) is 13.1 Å². The van der Waals surface area contributed by atoms with Gasteiger partial charge in [0.15, 0.2) is 0 Å². The van der Waals surface area contributed by atoms with E-state index in [1.54, 1.807) is 6.07 Å². The predicted molar refractivity (Wildman–Crippen MR) is 86.3 cm³/mol. The molecule has 1 fully saturated rings. The molecule has 1 saturated carbocycles. The predicted octanol–water partition coefficient (Wildman–Crippen LogP) is 4.23. The molecule has 1 aromatic rings. The lowest BCUT2D eigenvalue weighted by atomic mass is 9.89. The average molecular weight is 401 g/mol. The number of hydrogen-bond donors (Lipinski definition) is 1. The highest BCUT2D eigenvalue weighted by Crippen LogP contribution is 2.29. The van der Waals surface area contributed by atoms with Gasteiger partial charge in [-0.2, -0.15) is 0 Å². The van der Waals surface area contributed by atoms with Gasteiger partial charge in [0.2, 0.25) is 10.0 Å². The summed E-state index contributed by atoms with van der Waals surface area (Å²) >= 11 is 15.4. The summed E-state index contributed by atoms with van der Waals surface area (Å²) in [5.41, 5.74) is 0. The van der Waals surface area contributed by atoms with Crippen LogP contribution < -0.4 is 4.72 Å². The van der Waals surface area contributed by atoms with Crippen molar-refractivity contribution in [1.29, 1.82) is 0 Å². The largest absolute Gasteiger partial charge is 0.242 e. The van der Waals surface area contributed by atoms with Crippen LogP contribution in [0.5, 0.6) is 0 Å². The molecule has 0 aromatic heterocycles. The van der Waals surface area contributed by atoms with Crippen LogP contribution in [0.3, 0.4) is 0 Å². The molecular formula is C13H16BrCl2NO2S. The van der Waals surface area contributed by atoms with Crippen LogP contribution in [-0.2, 0) is 10.0 Å². The van der Waals surface area contributed by atoms with Gasteiger partial charge in [-0.15, -0.1) is 0 Å². The molecule has 2 rings (SSSR count). The molecule has 0 unspecified atom stereocenters. The maximum absolute atomic E-state index is 12.2. The van der Waals surface area contributed by atoms with Crippen molar-refractivity contribution in [2.45, 2.75) is 35.4 Å². The molecule has 0 radical (unpaired) electrons. The van der Waals surface area contributed by atoms with Gasteiger partial charge in [-0.1, -0.05) is 39.1 Å². The second-order valence-electron chi connectivity index (χ2n) is 5.04. The number of alkyl halides is 1. The van der Waals surface area contributed by atoms with Gasteiger partial charge < -0.3 is 0 Å². The third-order valence-electron chi connectivity index (χ3n) is 3.52. The van der Waals surface area contributed by atoms with Gasteiger partial charge in [-0.05, 0) is 49.8 Å². The summed E-state index contributed by atoms with van der Waals surface area (Å²) in [4.78, 5) is 0.610. The Morgan fingerprint density at radius 1 is 1.20 bits per heavy atom. The third-order valence-corrected chi connectivity index (χ3v) is 6.58. The van der Waals surface area contributed by atoms with Crippen LogP contribution in [0.15, 0.2) is 23.1 Å². The van der Waals surface area contributed by atoms with E-state index >= 15 is 0 Å². The van der Waals surface area contributed by atoms with Crippen molar-refractivity contribution in [3.63, 3.8) is 0 Å². The Balaban J connectivity index is 2.02. The smallest absolute Gasteiger partial charge is 0.211 e. The van der Waals surface area contributed by atoms with Crippen molar-refractivity contribution in [2.75, 3.05) is 6.54 Å². The van der Waals surface area contributed by atoms with Gasteiger partial charge in [0.05, 0.1) is 5.02 Å². The highest BCUT2D eigenvalue weighted by atomic mass is 79.9. The van der Waals surface area contributed by atoms with E-state index in [1.807, 2.05) is 0 Å². The van der Waals surface area contributed by atoms with Crippen LogP contribution >= 0.6 is 39.1 Å². The molecule has 0 aliphatic heterocycles. The lowest BCUT2D eigenvalue weighted by Gasteiger charge is -2.25. The van der Waals surface area contributed by atoms with E-state index in [9.17, 15) is 8.42 Å². The SMILES string of the molecule is O=S(=O)(NCC1CCC(Br)CC1)c1cc(Cl)ccc1Cl. The zero-order valence-electron chi connectivity index (χ0n) is 10.8. The monoisotopic (exact) mass is 399 g/mol. The molecule has 3 nitrogen and oxygen atoms in total. The number of hydrogen-bond acceptors (Lipinski definition) is 2. The first kappa shape index (κ1) is 16.6. The third kappa shape index (κ3) is 4.34. The van der Waals surface area contributed by atoms with Crippen molar-refractivity contribution in [2.24, 2.45) is 5.92 Å². The van der Waals surface area contributed by atoms with Crippen LogP contribution in [-0.4, -0.2) is 19.8 Å². The number of benzene rings is 1. The first-order valence-corrected chi connectivity index (χ1v) is 9.63. The van der Waals surface area contributed by atoms with Crippen LogP contribution in [0.25, 0.3) is 0 Å². The molecule has 0 atom stereocenters. The second-order valence-corrected chi connectivity index (χ2v) is 8.92. The Hall–Kier alpha value is 0.190. The van der Waals surface area contributed by atoms with E-state index in [-0.39, 0.29) is 9.92 Å². The summed E-state index contributed by atoms with van der Waals surface area (Å²) < 4.78 is 27.1. The fourth-order valence-electron chi connectivity index (χ4n) is 2.31. The molecule has 112 valence electrons. The summed E-state index contributed by atoms with van der Waals surface area (Å²) in [6.07, 6.45) is 4.23. The highest BCUT2D eigenvalue weighted by molar-refractivity contribution is 9.09. The number of halogens is 3. The van der Waals surface area contributed by atoms with Crippen LogP contribution in [0.4, 0.5) is 0 Å². The van der Waals surface area contributed by atoms with Gasteiger partial charge in [0.25, 0.3) is 0 Å². The minimum atomic E-state index is -3.60. The summed E-state index contributed by atoms with van der Waals surface area (Å²) in [6, 6.07) is 4.44. The van der Waals surface area contributed by atoms with Crippen molar-refractivity contribution in [3.8, 4) is 0 Å². The summed E-state index contributed by atoms with van der Waals surface area (Å²) in [5.74, 6) is 0.386. The van der Waals surface area contributed by atoms with Crippen molar-refractivity contribution < 1.29 is 8.42 Å². The Labute approximate surface area is 138 Å². The molecule has 1 aliphatic carbocycles. The van der Waals surface area contributed by atoms with Gasteiger partial charge >= 0.3 is 0 Å². The molecule has 0 heterocycles. The fraction of sp³-hybridized carbons (Fsp3) is 0.538. The van der Waals surface area contributed by atoms with Crippen LogP contribution in [0, 0.1) is 5.92 Å². The van der Waals surface area contributed by atoms with Gasteiger partial charge in [0, 0.05) is 16.4 Å². The molecule has 7 heteroatoms. The van der Waals surface area contributed by atoms with E-state index in [4.69, 9.17) is 23.2 Å². The summed E-state index contributed by atoms with van der Waals surface area (Å²) in [7, 11) is -3.60. The van der Waals surface area contributed by atoms with E-state index in [0.717, 1.165) is 25.7 Å². The van der Waals surface area contributed by atoms with Crippen molar-refractivity contribution >= 4 is 49.2 Å². The normalized spacial score (nSPS) is 23.8. The zero-order chi connectivity index (χ0) is 14.8. The Bertz CT molecular complexity index is 572. The number of nitrogens with one attached hydrogen (secondary N) is 1. The minimum Gasteiger partial charge on any atom is -0.211 e. The fourth-order valence-corrected chi connectivity index (χ4v) is 4.72. The molecule has 0 saturated heterocycles. The molecule has 0 spiro atoms. The van der Waals surface area contributed by atoms with Crippen molar-refractivity contribution in [3.05, 3.63) is 28.2 Å². The highest BCUT2D eigenvalue weighted by Gasteiger charge is 2.23. The van der Waals surface area contributed by atoms with Gasteiger partial charge in [-0.3, -0.25) is 0 Å². The quantitative estimate of drug-likeness (QED) is 0.768. The van der Waals surface area contributed by atoms with Crippen molar-refractivity contribution in [1.82, 2.24) is 4.72 Å². The molecule has 1 N–H and O–H groups in total. The molecular weight excluding hydrogens is 385 g/mol. The topological polar surface area (TPSA) is 46.2 Å². The first-order valence-electron chi connectivity index (χ1n) is 6.47. The minimum absolute atomic E-state index is 0.0424. The number of rotatable bonds is 4. The maximum Gasteiger partial charge on any atom is 0.242 e. The number of sulfonamides is 1. The van der Waals surface area contributed by atoms with Gasteiger partial charge in [0.1, 0.15) is 4.90 Å². The summed E-state index contributed by atoms with van der Waals surface area (Å²) in [5, 5.41) is 0.542. The zero-order valence-corrected chi connectivity index (χ0v) is 14.7. The maximum atomic E-state index is 12.2.